The maximum Gasteiger partial charge on any atom is 0.330 e. The van der Waals surface area contributed by atoms with Gasteiger partial charge in [-0.05, 0) is 11.6 Å². The van der Waals surface area contributed by atoms with Crippen LogP contribution in [0.15, 0.2) is 64.3 Å². The second kappa shape index (κ2) is 6.48. The van der Waals surface area contributed by atoms with Crippen LogP contribution in [0, 0.1) is 10.1 Å². The predicted octanol–water partition coefficient (Wildman–Crippen LogP) is 2.31. The number of aromatic hydroxyl groups is 1. The molecule has 0 atom stereocenters. The standard InChI is InChI=1S/C20H16N4O5/c1-21-15-11-23(14-10-13(24(28)29)8-9-16(14)25)18(12-6-4-3-5-7-12)17(15)19(26)22(2)20(21)27/h3-11,25H,1-2H3. The van der Waals surface area contributed by atoms with Crippen molar-refractivity contribution < 1.29 is 10.0 Å². The van der Waals surface area contributed by atoms with E-state index < -0.39 is 16.2 Å². The highest BCUT2D eigenvalue weighted by atomic mass is 16.6. The third-order valence-corrected chi connectivity index (χ3v) is 4.92. The van der Waals surface area contributed by atoms with E-state index in [1.54, 1.807) is 24.3 Å². The summed E-state index contributed by atoms with van der Waals surface area (Å²) in [4.78, 5) is 36.0. The minimum Gasteiger partial charge on any atom is -0.506 e. The van der Waals surface area contributed by atoms with Gasteiger partial charge in [-0.3, -0.25) is 24.0 Å². The molecule has 0 aliphatic carbocycles. The molecular formula is C20H16N4O5. The first-order valence-corrected chi connectivity index (χ1v) is 8.65. The maximum absolute atomic E-state index is 13.0. The average molecular weight is 392 g/mol. The number of phenolic OH excluding ortho intramolecular Hbond substituents is 1. The van der Waals surface area contributed by atoms with Crippen LogP contribution in [-0.4, -0.2) is 23.7 Å². The summed E-state index contributed by atoms with van der Waals surface area (Å²) >= 11 is 0. The highest BCUT2D eigenvalue weighted by molar-refractivity contribution is 5.95. The number of nitrogens with zero attached hydrogens (tertiary/aromatic N) is 4. The lowest BCUT2D eigenvalue weighted by molar-refractivity contribution is -0.384. The molecule has 2 aromatic heterocycles. The Morgan fingerprint density at radius 3 is 2.34 bits per heavy atom. The van der Waals surface area contributed by atoms with Gasteiger partial charge >= 0.3 is 5.69 Å². The van der Waals surface area contributed by atoms with Crippen LogP contribution in [0.25, 0.3) is 27.8 Å². The topological polar surface area (TPSA) is 112 Å². The molecule has 0 amide bonds. The summed E-state index contributed by atoms with van der Waals surface area (Å²) < 4.78 is 3.84. The van der Waals surface area contributed by atoms with E-state index >= 15 is 0 Å². The average Bonchev–Trinajstić information content (AvgIpc) is 3.12. The lowest BCUT2D eigenvalue weighted by Crippen LogP contribution is -2.36. The van der Waals surface area contributed by atoms with Crippen molar-refractivity contribution in [2.45, 2.75) is 0 Å². The van der Waals surface area contributed by atoms with Gasteiger partial charge in [-0.15, -0.1) is 0 Å². The van der Waals surface area contributed by atoms with Gasteiger partial charge in [-0.1, -0.05) is 30.3 Å². The zero-order valence-electron chi connectivity index (χ0n) is 15.6. The number of fused-ring (bicyclic) bond motifs is 1. The van der Waals surface area contributed by atoms with Crippen LogP contribution in [0.4, 0.5) is 5.69 Å². The SMILES string of the molecule is Cn1c(=O)c2c(-c3ccccc3)n(-c3cc([N+](=O)[O-])ccc3O)cc2n(C)c1=O. The van der Waals surface area contributed by atoms with Gasteiger partial charge < -0.3 is 9.67 Å². The Morgan fingerprint density at radius 1 is 1.00 bits per heavy atom. The number of aromatic nitrogens is 3. The molecule has 1 N–H and O–H groups in total. The van der Waals surface area contributed by atoms with Gasteiger partial charge in [-0.25, -0.2) is 4.79 Å². The highest BCUT2D eigenvalue weighted by Crippen LogP contribution is 2.35. The largest absolute Gasteiger partial charge is 0.506 e. The van der Waals surface area contributed by atoms with E-state index in [2.05, 4.69) is 0 Å². The Labute approximate surface area is 163 Å². The molecule has 0 aliphatic heterocycles. The summed E-state index contributed by atoms with van der Waals surface area (Å²) in [5.41, 5.74) is 0.355. The van der Waals surface area contributed by atoms with Crippen molar-refractivity contribution in [2.75, 3.05) is 0 Å². The summed E-state index contributed by atoms with van der Waals surface area (Å²) in [5.74, 6) is -0.199. The van der Waals surface area contributed by atoms with Crippen molar-refractivity contribution in [1.29, 1.82) is 0 Å². The van der Waals surface area contributed by atoms with E-state index in [-0.39, 0.29) is 22.5 Å². The van der Waals surface area contributed by atoms with Crippen LogP contribution in [0.5, 0.6) is 5.75 Å². The summed E-state index contributed by atoms with van der Waals surface area (Å²) in [5, 5.41) is 21.9. The number of benzene rings is 2. The van der Waals surface area contributed by atoms with E-state index in [4.69, 9.17) is 0 Å². The van der Waals surface area contributed by atoms with E-state index in [1.165, 1.54) is 47.6 Å². The van der Waals surface area contributed by atoms with Crippen LogP contribution in [-0.2, 0) is 14.1 Å². The van der Waals surface area contributed by atoms with E-state index in [0.717, 1.165) is 4.57 Å². The van der Waals surface area contributed by atoms with Gasteiger partial charge in [0.05, 0.1) is 27.2 Å². The Morgan fingerprint density at radius 2 is 1.69 bits per heavy atom. The number of phenols is 1. The van der Waals surface area contributed by atoms with E-state index in [0.29, 0.717) is 16.8 Å². The first kappa shape index (κ1) is 18.2. The molecule has 29 heavy (non-hydrogen) atoms. The van der Waals surface area contributed by atoms with Crippen molar-refractivity contribution >= 4 is 16.6 Å². The Balaban J connectivity index is 2.22. The van der Waals surface area contributed by atoms with Crippen molar-refractivity contribution in [3.63, 3.8) is 0 Å². The number of hydrogen-bond donors (Lipinski definition) is 1. The summed E-state index contributed by atoms with van der Waals surface area (Å²) in [6.45, 7) is 0. The molecule has 0 spiro atoms. The van der Waals surface area contributed by atoms with Gasteiger partial charge in [-0.2, -0.15) is 0 Å². The minimum absolute atomic E-state index is 0.128. The summed E-state index contributed by atoms with van der Waals surface area (Å²) in [7, 11) is 2.93. The van der Waals surface area contributed by atoms with Crippen molar-refractivity contribution in [3.8, 4) is 22.7 Å². The van der Waals surface area contributed by atoms with E-state index in [9.17, 15) is 24.8 Å². The summed E-state index contributed by atoms with van der Waals surface area (Å²) in [6.07, 6.45) is 1.53. The van der Waals surface area contributed by atoms with Crippen LogP contribution in [0.1, 0.15) is 0 Å². The smallest absolute Gasteiger partial charge is 0.330 e. The zero-order chi connectivity index (χ0) is 20.9. The lowest BCUT2D eigenvalue weighted by atomic mass is 10.1. The van der Waals surface area contributed by atoms with Crippen LogP contribution < -0.4 is 11.2 Å². The molecule has 0 radical (unpaired) electrons. The third kappa shape index (κ3) is 2.71. The molecule has 0 saturated carbocycles. The van der Waals surface area contributed by atoms with Gasteiger partial charge in [0, 0.05) is 32.4 Å². The summed E-state index contributed by atoms with van der Waals surface area (Å²) in [6, 6.07) is 12.6. The first-order valence-electron chi connectivity index (χ1n) is 8.65. The van der Waals surface area contributed by atoms with Gasteiger partial charge in [0.2, 0.25) is 0 Å². The molecule has 9 nitrogen and oxygen atoms in total. The maximum atomic E-state index is 13.0. The number of non-ortho nitro benzene ring substituents is 1. The third-order valence-electron chi connectivity index (χ3n) is 4.92. The van der Waals surface area contributed by atoms with Crippen LogP contribution in [0.3, 0.4) is 0 Å². The van der Waals surface area contributed by atoms with Gasteiger partial charge in [0.15, 0.2) is 0 Å². The Hall–Kier alpha value is -4.14. The first-order chi connectivity index (χ1) is 13.8. The Bertz CT molecular complexity index is 1400. The molecule has 0 fully saturated rings. The molecule has 2 aromatic carbocycles. The molecule has 0 unspecified atom stereocenters. The van der Waals surface area contributed by atoms with E-state index in [1.807, 2.05) is 6.07 Å². The van der Waals surface area contributed by atoms with Gasteiger partial charge in [0.25, 0.3) is 11.2 Å². The second-order valence-corrected chi connectivity index (χ2v) is 6.61. The molecule has 4 aromatic rings. The number of rotatable bonds is 3. The van der Waals surface area contributed by atoms with Crippen LogP contribution >= 0.6 is 0 Å². The molecule has 2 heterocycles. The van der Waals surface area contributed by atoms with Crippen molar-refractivity contribution in [3.05, 3.63) is 85.7 Å². The fourth-order valence-corrected chi connectivity index (χ4v) is 3.43. The molecule has 146 valence electrons. The number of nitro groups is 1. The normalized spacial score (nSPS) is 11.1. The zero-order valence-corrected chi connectivity index (χ0v) is 15.6. The number of nitro benzene ring substituents is 1. The highest BCUT2D eigenvalue weighted by Gasteiger charge is 2.22. The van der Waals surface area contributed by atoms with Crippen molar-refractivity contribution in [2.24, 2.45) is 14.1 Å². The number of aryl methyl sites for hydroxylation is 1. The second-order valence-electron chi connectivity index (χ2n) is 6.61. The predicted molar refractivity (Wildman–Crippen MR) is 108 cm³/mol. The molecule has 0 bridgehead atoms. The molecule has 4 rings (SSSR count). The molecule has 9 heteroatoms. The van der Waals surface area contributed by atoms with Gasteiger partial charge in [0.1, 0.15) is 5.75 Å². The number of hydrogen-bond acceptors (Lipinski definition) is 5. The molecular weight excluding hydrogens is 376 g/mol. The van der Waals surface area contributed by atoms with Crippen molar-refractivity contribution in [1.82, 2.24) is 13.7 Å². The monoisotopic (exact) mass is 392 g/mol. The quantitative estimate of drug-likeness (QED) is 0.425. The minimum atomic E-state index is -0.566. The molecule has 0 saturated heterocycles. The Kier molecular flexibility index (Phi) is 4.08. The molecule has 0 aliphatic rings. The lowest BCUT2D eigenvalue weighted by Gasteiger charge is -2.11. The van der Waals surface area contributed by atoms with Crippen LogP contribution in [0.2, 0.25) is 0 Å². The fourth-order valence-electron chi connectivity index (χ4n) is 3.43. The fraction of sp³-hybridized carbons (Fsp3) is 0.100.